The van der Waals surface area contributed by atoms with Gasteiger partial charge in [-0.15, -0.1) is 45.3 Å². The largest absolute Gasteiger partial charge is 0.396 e. The highest BCUT2D eigenvalue weighted by Crippen LogP contribution is 2.45. The lowest BCUT2D eigenvalue weighted by Gasteiger charge is -2.34. The summed E-state index contributed by atoms with van der Waals surface area (Å²) in [6, 6.07) is 22.0. The lowest BCUT2D eigenvalue weighted by molar-refractivity contribution is 0.0950. The smallest absolute Gasteiger partial charge is 0.263 e. The van der Waals surface area contributed by atoms with Gasteiger partial charge in [0.2, 0.25) is 0 Å². The molecule has 4 aromatic carbocycles. The van der Waals surface area contributed by atoms with E-state index in [1.807, 2.05) is 62.9 Å². The lowest BCUT2D eigenvalue weighted by Crippen LogP contribution is -2.37. The molecule has 8 bridgehead atoms. The van der Waals surface area contributed by atoms with Crippen LogP contribution in [-0.4, -0.2) is 142 Å². The van der Waals surface area contributed by atoms with Gasteiger partial charge in [0.25, 0.3) is 23.6 Å². The van der Waals surface area contributed by atoms with Crippen LogP contribution in [0, 0.1) is 110 Å². The van der Waals surface area contributed by atoms with Gasteiger partial charge in [-0.25, -0.2) is 57.4 Å². The molecule has 8 aliphatic rings. The molecule has 8 fully saturated rings. The monoisotopic (exact) mass is 1780 g/mol. The molecule has 12 N–H and O–H groups in total. The maximum absolute atomic E-state index is 14.8. The van der Waals surface area contributed by atoms with Gasteiger partial charge >= 0.3 is 0 Å². The number of carbonyl (C=O) groups is 4. The first-order chi connectivity index (χ1) is 60.8. The third-order valence-corrected chi connectivity index (χ3v) is 30.3. The second-order valence-corrected chi connectivity index (χ2v) is 39.3. The van der Waals surface area contributed by atoms with Crippen molar-refractivity contribution in [1.82, 2.24) is 61.1 Å². The van der Waals surface area contributed by atoms with Crippen LogP contribution in [0.25, 0.3) is 41.4 Å². The number of aromatic nitrogens is 8. The summed E-state index contributed by atoms with van der Waals surface area (Å²) in [4.78, 5) is 98.1. The number of nitrogens with zero attached hydrogens (tertiary/aromatic N) is 13. The van der Waals surface area contributed by atoms with Crippen molar-refractivity contribution < 1.29 is 36.7 Å². The zero-order valence-corrected chi connectivity index (χ0v) is 74.2. The summed E-state index contributed by atoms with van der Waals surface area (Å²) in [5.74, 6) is 3.29. The van der Waals surface area contributed by atoms with Crippen molar-refractivity contribution in [2.75, 3.05) is 121 Å². The van der Waals surface area contributed by atoms with E-state index in [1.54, 1.807) is 36.9 Å². The summed E-state index contributed by atoms with van der Waals surface area (Å²) >= 11 is 4.90. The fraction of sp³-hybridized carbons (Fsp3) is 0.430. The van der Waals surface area contributed by atoms with Crippen molar-refractivity contribution in [1.29, 1.82) is 5.26 Å². The third-order valence-electron chi connectivity index (χ3n) is 26.0. The number of piperidine rings is 4. The molecule has 12 aromatic rings. The Hall–Kier alpha value is -11.5. The lowest BCUT2D eigenvalue weighted by atomic mass is 9.97. The van der Waals surface area contributed by atoms with E-state index in [4.69, 9.17) is 22.9 Å². The van der Waals surface area contributed by atoms with E-state index >= 15 is 0 Å². The molecule has 8 aromatic heterocycles. The summed E-state index contributed by atoms with van der Waals surface area (Å²) in [5.41, 5.74) is 37.5. The topological polar surface area (TPSA) is 360 Å². The van der Waals surface area contributed by atoms with Gasteiger partial charge in [0, 0.05) is 115 Å². The number of thiophene rings is 4. The highest BCUT2D eigenvalue weighted by Gasteiger charge is 2.38. The van der Waals surface area contributed by atoms with Crippen molar-refractivity contribution in [3.63, 3.8) is 0 Å². The van der Waals surface area contributed by atoms with Crippen molar-refractivity contribution >= 4 is 156 Å². The number of amides is 4. The number of carbonyl (C=O) groups excluding carboxylic acids is 4. The maximum Gasteiger partial charge on any atom is 0.263 e. The Labute approximate surface area is 744 Å². The second-order valence-electron chi connectivity index (χ2n) is 35.3. The van der Waals surface area contributed by atoms with Crippen LogP contribution >= 0.6 is 45.3 Å². The average Bonchev–Trinajstić information content (AvgIpc) is 1.64. The summed E-state index contributed by atoms with van der Waals surface area (Å²) in [5, 5.41) is 21.2. The quantitative estimate of drug-likeness (QED) is 0.0329. The number of nitrogen functional groups attached to an aromatic ring is 4. The van der Waals surface area contributed by atoms with Crippen LogP contribution in [-0.2, 0) is 25.7 Å². The molecule has 33 heteroatoms. The number of rotatable bonds is 20. The number of fused-ring (bicyclic) bond motifs is 12. The van der Waals surface area contributed by atoms with Crippen LogP contribution in [0.4, 0.5) is 63.1 Å². The molecular weight excluding hydrogens is 1680 g/mol. The first-order valence-corrected chi connectivity index (χ1v) is 46.9. The van der Waals surface area contributed by atoms with Gasteiger partial charge in [-0.2, -0.15) is 5.26 Å². The Balaban J connectivity index is 0.000000119. The predicted molar refractivity (Wildman–Crippen MR) is 493 cm³/mol. The molecule has 126 heavy (non-hydrogen) atoms. The van der Waals surface area contributed by atoms with E-state index in [9.17, 15) is 42.0 Å². The SMILES string of the molecule is Cc1cnc2c(N)c(C(=O)NCCc3cc(F)c(N4CC5CCC(C5)C4)cc3F)sc2n1.Cc1cnc2c(N)c(C(=O)NCCc3ccc(N4CC5CCC(C5)C4)c(C#N)c3)sc2n1.Cc1cnc2c(N)c(C(=O)NCCc3ccc(N4CC5CCC(C5)C4)c(F)c3)sc2n1.Cc1cnc2c(N)c(C(=O)NCCc3ccc(N4CC5CCC(C5)C4)cc3F)sc2n1. The normalized spacial score (nSPS) is 20.2. The number of halogens is 4. The Morgan fingerprint density at radius 3 is 1.06 bits per heavy atom. The van der Waals surface area contributed by atoms with Crippen molar-refractivity contribution in [2.24, 2.45) is 47.3 Å². The minimum Gasteiger partial charge on any atom is -0.396 e. The number of nitrogens with one attached hydrogen (secondary N) is 4. The molecule has 4 saturated carbocycles. The first-order valence-electron chi connectivity index (χ1n) is 43.6. The highest BCUT2D eigenvalue weighted by molar-refractivity contribution is 7.22. The van der Waals surface area contributed by atoms with Crippen LogP contribution in [0.3, 0.4) is 0 Å². The molecule has 656 valence electrons. The summed E-state index contributed by atoms with van der Waals surface area (Å²) in [6.07, 6.45) is 23.6. The zero-order chi connectivity index (χ0) is 87.7. The highest BCUT2D eigenvalue weighted by atomic mass is 32.1. The van der Waals surface area contributed by atoms with E-state index in [0.717, 1.165) is 127 Å². The van der Waals surface area contributed by atoms with E-state index < -0.39 is 11.6 Å². The molecule has 25 nitrogen and oxygen atoms in total. The van der Waals surface area contributed by atoms with Gasteiger partial charge in [-0.1, -0.05) is 18.2 Å². The van der Waals surface area contributed by atoms with E-state index in [0.29, 0.717) is 157 Å². The Kier molecular flexibility index (Phi) is 25.9. The molecule has 4 aliphatic heterocycles. The van der Waals surface area contributed by atoms with Crippen molar-refractivity contribution in [3.8, 4) is 6.07 Å². The maximum atomic E-state index is 14.8. The number of benzene rings is 4. The number of aryl methyl sites for hydroxylation is 4. The molecular formula is C93H103F4N21O4S4. The van der Waals surface area contributed by atoms with E-state index in [2.05, 4.69) is 94.0 Å². The molecule has 0 spiro atoms. The summed E-state index contributed by atoms with van der Waals surface area (Å²) < 4.78 is 59.1. The second kappa shape index (κ2) is 37.6. The Bertz CT molecular complexity index is 6140. The molecule has 4 saturated heterocycles. The molecule has 12 heterocycles. The number of anilines is 8. The van der Waals surface area contributed by atoms with Gasteiger partial charge < -0.3 is 63.8 Å². The van der Waals surface area contributed by atoms with Gasteiger partial charge in [-0.3, -0.25) is 19.2 Å². The van der Waals surface area contributed by atoms with Crippen LogP contribution in [0.1, 0.15) is 166 Å². The number of nitrogens with two attached hydrogens (primary N) is 4. The standard InChI is InChI=1S/C24H26N6OS.C23H25F2N5OS.2C23H26FN5OS/c1-14-11-28-21-20(26)22(32-24(21)29-14)23(31)27-7-6-15-4-5-19(18(9-15)10-25)30-12-16-2-3-17(8-16)13-30;1-12-9-28-20-19(26)21(32-23(20)29-12)22(31)27-5-4-15-7-17(25)18(8-16(15)24)30-10-13-2-3-14(6-13)11-30;1-13-10-27-20-19(25)21(31-23(20)28-13)22(30)26-7-6-14-4-5-18(17(24)9-14)29-11-15-2-3-16(8-15)12-29;1-13-10-27-20-19(25)21(31-23(20)28-13)22(30)26-7-6-16-4-5-17(9-18(16)24)29-11-14-2-3-15(8-14)12-29/h4-5,9,11,16-17H,2-3,6-8,12-13,26H2,1H3,(H,27,31);7-9,13-14H,2-6,10-11,26H2,1H3,(H,27,31);4-5,9-10,15-16H,2-3,6-8,11-12,25H2,1H3,(H,26,30);4-5,9-10,14-15H,2-3,6-8,11-12,25H2,1H3,(H,26,30). The third kappa shape index (κ3) is 19.3. The van der Waals surface area contributed by atoms with Gasteiger partial charge in [0.05, 0.1) is 68.2 Å². The fourth-order valence-corrected chi connectivity index (χ4v) is 23.8. The minimum atomic E-state index is -0.446. The van der Waals surface area contributed by atoms with E-state index in [1.165, 1.54) is 135 Å². The Morgan fingerprint density at radius 1 is 0.381 bits per heavy atom. The molecule has 8 unspecified atom stereocenters. The zero-order valence-electron chi connectivity index (χ0n) is 71.0. The number of hydrogen-bond acceptors (Lipinski definition) is 25. The van der Waals surface area contributed by atoms with Gasteiger partial charge in [-0.05, 0) is 242 Å². The molecule has 0 radical (unpaired) electrons. The van der Waals surface area contributed by atoms with Crippen molar-refractivity contribution in [2.45, 2.75) is 130 Å². The minimum absolute atomic E-state index is 0.163. The Morgan fingerprint density at radius 2 is 0.698 bits per heavy atom. The number of hydrogen-bond donors (Lipinski definition) is 8. The van der Waals surface area contributed by atoms with Crippen LogP contribution < -0.4 is 63.8 Å². The molecule has 20 rings (SSSR count). The fourth-order valence-electron chi connectivity index (χ4n) is 19.8. The van der Waals surface area contributed by atoms with Crippen LogP contribution in [0.5, 0.6) is 0 Å². The van der Waals surface area contributed by atoms with Crippen molar-refractivity contribution in [3.05, 3.63) is 185 Å². The van der Waals surface area contributed by atoms with Crippen LogP contribution in [0.2, 0.25) is 0 Å². The van der Waals surface area contributed by atoms with Gasteiger partial charge in [0.15, 0.2) is 0 Å². The molecule has 4 aliphatic carbocycles. The first kappa shape index (κ1) is 86.6. The average molecular weight is 1780 g/mol. The predicted octanol–water partition coefficient (Wildman–Crippen LogP) is 15.6. The summed E-state index contributed by atoms with van der Waals surface area (Å²) in [6.45, 7) is 16.4. The van der Waals surface area contributed by atoms with Crippen LogP contribution in [0.15, 0.2) is 91.5 Å². The van der Waals surface area contributed by atoms with Gasteiger partial charge in [0.1, 0.15) is 90.2 Å². The molecule has 4 amide bonds. The van der Waals surface area contributed by atoms with E-state index in [-0.39, 0.29) is 59.5 Å². The number of nitriles is 1. The molecule has 8 atom stereocenters. The summed E-state index contributed by atoms with van der Waals surface area (Å²) in [7, 11) is 0.